The molecule has 0 spiro atoms. The van der Waals surface area contributed by atoms with E-state index in [9.17, 15) is 20.3 Å². The third-order valence-electron chi connectivity index (χ3n) is 6.66. The van der Waals surface area contributed by atoms with Crippen LogP contribution >= 0.6 is 0 Å². The molecule has 6 heteroatoms. The van der Waals surface area contributed by atoms with Crippen molar-refractivity contribution in [3.8, 4) is 11.8 Å². The third-order valence-corrected chi connectivity index (χ3v) is 6.66. The number of carbonyl (C=O) groups is 1. The van der Waals surface area contributed by atoms with Crippen LogP contribution in [0.2, 0.25) is 0 Å². The molecule has 0 aromatic heterocycles. The Morgan fingerprint density at radius 3 is 2.43 bits per heavy atom. The highest BCUT2D eigenvalue weighted by Gasteiger charge is 2.36. The highest BCUT2D eigenvalue weighted by molar-refractivity contribution is 5.85. The van der Waals surface area contributed by atoms with Gasteiger partial charge in [0.2, 0.25) is 0 Å². The first kappa shape index (κ1) is 28.2. The molecule has 3 N–H and O–H groups in total. The molecule has 0 radical (unpaired) electrons. The maximum atomic E-state index is 11.5. The van der Waals surface area contributed by atoms with Crippen LogP contribution in [0.3, 0.4) is 0 Å². The number of β-amino-alcohol motifs (C(OH)–C–C–N with tert-alkyl or cyclic N) is 1. The van der Waals surface area contributed by atoms with E-state index in [1.54, 1.807) is 12.2 Å². The molecule has 196 valence electrons. The van der Waals surface area contributed by atoms with E-state index in [-0.39, 0.29) is 24.0 Å². The molecule has 2 aromatic carbocycles. The molecule has 3 rings (SSSR count). The Hall–Kier alpha value is -3.40. The maximum Gasteiger partial charge on any atom is 0.328 e. The van der Waals surface area contributed by atoms with Crippen molar-refractivity contribution in [3.05, 3.63) is 83.4 Å². The number of ether oxygens (including phenoxy) is 1. The summed E-state index contributed by atoms with van der Waals surface area (Å²) >= 11 is 0. The molecule has 0 amide bonds. The molecule has 0 aliphatic heterocycles. The molecule has 6 nitrogen and oxygen atoms in total. The van der Waals surface area contributed by atoms with E-state index in [4.69, 9.17) is 4.74 Å². The lowest BCUT2D eigenvalue weighted by molar-refractivity contribution is -0.143. The zero-order chi connectivity index (χ0) is 27.3. The Kier molecular flexibility index (Phi) is 8.63. The fraction of sp³-hybridized carbons (Fsp3) is 0.419. The Labute approximate surface area is 220 Å². The van der Waals surface area contributed by atoms with Gasteiger partial charge in [-0.3, -0.25) is 4.79 Å². The van der Waals surface area contributed by atoms with E-state index in [2.05, 4.69) is 64.2 Å². The number of aliphatic hydroxyl groups is 1. The van der Waals surface area contributed by atoms with Gasteiger partial charge >= 0.3 is 5.97 Å². The SMILES string of the molecule is CC(C)(Cc1ccc(C(C)(C)C)cc1)NC[C@@H](O)COc1cccc(C2=CCC(C#N)(C(=O)O)C=C2)c1. The average molecular weight is 503 g/mol. The van der Waals surface area contributed by atoms with E-state index < -0.39 is 17.5 Å². The van der Waals surface area contributed by atoms with Gasteiger partial charge in [-0.2, -0.15) is 5.26 Å². The highest BCUT2D eigenvalue weighted by Crippen LogP contribution is 2.34. The van der Waals surface area contributed by atoms with Gasteiger partial charge < -0.3 is 20.3 Å². The van der Waals surface area contributed by atoms with Crippen LogP contribution in [0.1, 0.15) is 57.7 Å². The Balaban J connectivity index is 1.51. The van der Waals surface area contributed by atoms with Crippen LogP contribution in [-0.4, -0.2) is 41.0 Å². The largest absolute Gasteiger partial charge is 0.491 e. The van der Waals surface area contributed by atoms with Crippen LogP contribution in [0.4, 0.5) is 0 Å². The maximum absolute atomic E-state index is 11.5. The second-order valence-electron chi connectivity index (χ2n) is 11.5. The minimum Gasteiger partial charge on any atom is -0.491 e. The topological polar surface area (TPSA) is 103 Å². The summed E-state index contributed by atoms with van der Waals surface area (Å²) < 4.78 is 5.84. The fourth-order valence-corrected chi connectivity index (χ4v) is 4.25. The second-order valence-corrected chi connectivity index (χ2v) is 11.5. The predicted octanol–water partition coefficient (Wildman–Crippen LogP) is 5.27. The molecule has 1 aliphatic rings. The van der Waals surface area contributed by atoms with Crippen molar-refractivity contribution in [2.24, 2.45) is 5.41 Å². The lowest BCUT2D eigenvalue weighted by Gasteiger charge is -2.28. The van der Waals surface area contributed by atoms with E-state index in [0.717, 1.165) is 17.6 Å². The van der Waals surface area contributed by atoms with Gasteiger partial charge in [-0.15, -0.1) is 0 Å². The zero-order valence-electron chi connectivity index (χ0n) is 22.4. The molecular weight excluding hydrogens is 464 g/mol. The van der Waals surface area contributed by atoms with Crippen LogP contribution in [0.25, 0.3) is 5.57 Å². The predicted molar refractivity (Wildman–Crippen MR) is 146 cm³/mol. The molecule has 0 heterocycles. The summed E-state index contributed by atoms with van der Waals surface area (Å²) in [6.45, 7) is 11.4. The van der Waals surface area contributed by atoms with Gasteiger partial charge in [-0.05, 0) is 66.5 Å². The van der Waals surface area contributed by atoms with Gasteiger partial charge in [0.05, 0.1) is 6.07 Å². The summed E-state index contributed by atoms with van der Waals surface area (Å²) in [6, 6.07) is 18.0. The van der Waals surface area contributed by atoms with Crippen LogP contribution < -0.4 is 10.1 Å². The normalized spacial score (nSPS) is 18.6. The minimum absolute atomic E-state index is 0.108. The van der Waals surface area contributed by atoms with Crippen molar-refractivity contribution in [1.82, 2.24) is 5.32 Å². The van der Waals surface area contributed by atoms with Crippen molar-refractivity contribution >= 4 is 11.5 Å². The number of aliphatic hydroxyl groups excluding tert-OH is 1. The summed E-state index contributed by atoms with van der Waals surface area (Å²) in [4.78, 5) is 11.5. The number of carboxylic acid groups (broad SMARTS) is 1. The number of allylic oxidation sites excluding steroid dienone is 3. The van der Waals surface area contributed by atoms with Gasteiger partial charge in [-0.1, -0.05) is 75.4 Å². The average Bonchev–Trinajstić information content (AvgIpc) is 2.86. The molecule has 1 unspecified atom stereocenters. The van der Waals surface area contributed by atoms with Crippen LogP contribution in [0.15, 0.2) is 66.8 Å². The number of benzene rings is 2. The molecule has 0 bridgehead atoms. The van der Waals surface area contributed by atoms with Crippen molar-refractivity contribution in [1.29, 1.82) is 5.26 Å². The van der Waals surface area contributed by atoms with Gasteiger partial charge in [0.1, 0.15) is 18.5 Å². The van der Waals surface area contributed by atoms with Gasteiger partial charge in [-0.25, -0.2) is 0 Å². The minimum atomic E-state index is -1.52. The van der Waals surface area contributed by atoms with Crippen molar-refractivity contribution < 1.29 is 19.7 Å². The standard InChI is InChI=1S/C31H38N2O4/c1-29(2,3)25-11-9-22(10-12-25)18-30(4,5)33-19-26(34)20-37-27-8-6-7-24(17-27)23-13-15-31(21-32,16-14-23)28(35)36/h6-15,17,26,33-34H,16,18-20H2,1-5H3,(H,35,36)/t26-,31?/m1/s1. The molecular formula is C31H38N2O4. The molecule has 1 aliphatic carbocycles. The van der Waals surface area contributed by atoms with Crippen LogP contribution in [0, 0.1) is 16.7 Å². The summed E-state index contributed by atoms with van der Waals surface area (Å²) in [5.41, 5.74) is 2.66. The molecule has 0 saturated carbocycles. The smallest absolute Gasteiger partial charge is 0.328 e. The summed E-state index contributed by atoms with van der Waals surface area (Å²) in [5, 5.41) is 32.6. The number of nitriles is 1. The summed E-state index contributed by atoms with van der Waals surface area (Å²) in [6.07, 6.45) is 5.12. The quantitative estimate of drug-likeness (QED) is 0.409. The monoisotopic (exact) mass is 502 g/mol. The number of aliphatic carboxylic acids is 1. The Bertz CT molecular complexity index is 1200. The number of rotatable bonds is 10. The second kappa shape index (κ2) is 11.3. The first-order chi connectivity index (χ1) is 17.3. The van der Waals surface area contributed by atoms with Gasteiger partial charge in [0.15, 0.2) is 5.41 Å². The number of hydrogen-bond acceptors (Lipinski definition) is 5. The lowest BCUT2D eigenvalue weighted by atomic mass is 9.80. The number of nitrogens with zero attached hydrogens (tertiary/aromatic N) is 1. The van der Waals surface area contributed by atoms with Gasteiger partial charge in [0.25, 0.3) is 0 Å². The summed E-state index contributed by atoms with van der Waals surface area (Å²) in [5.74, 6) is -0.540. The molecule has 2 atom stereocenters. The highest BCUT2D eigenvalue weighted by atomic mass is 16.5. The van der Waals surface area contributed by atoms with Crippen molar-refractivity contribution in [3.63, 3.8) is 0 Å². The zero-order valence-corrected chi connectivity index (χ0v) is 22.4. The molecule has 2 aromatic rings. The number of carboxylic acids is 1. The third kappa shape index (κ3) is 7.55. The summed E-state index contributed by atoms with van der Waals surface area (Å²) in [7, 11) is 0. The van der Waals surface area contributed by atoms with Crippen LogP contribution in [-0.2, 0) is 16.6 Å². The van der Waals surface area contributed by atoms with E-state index in [0.29, 0.717) is 12.3 Å². The van der Waals surface area contributed by atoms with Crippen LogP contribution in [0.5, 0.6) is 5.75 Å². The molecule has 37 heavy (non-hydrogen) atoms. The number of nitrogens with one attached hydrogen (secondary N) is 1. The van der Waals surface area contributed by atoms with E-state index in [1.807, 2.05) is 30.3 Å². The van der Waals surface area contributed by atoms with E-state index in [1.165, 1.54) is 17.2 Å². The Morgan fingerprint density at radius 1 is 1.16 bits per heavy atom. The van der Waals surface area contributed by atoms with E-state index >= 15 is 0 Å². The first-order valence-corrected chi connectivity index (χ1v) is 12.6. The van der Waals surface area contributed by atoms with Crippen molar-refractivity contribution in [2.45, 2.75) is 64.5 Å². The number of hydrogen-bond donors (Lipinski definition) is 3. The fourth-order valence-electron chi connectivity index (χ4n) is 4.25. The molecule has 0 fully saturated rings. The van der Waals surface area contributed by atoms with Gasteiger partial charge in [0, 0.05) is 12.1 Å². The van der Waals surface area contributed by atoms with Crippen molar-refractivity contribution in [2.75, 3.05) is 13.2 Å². The lowest BCUT2D eigenvalue weighted by Crippen LogP contribution is -2.46. The first-order valence-electron chi connectivity index (χ1n) is 12.6. The molecule has 0 saturated heterocycles. The Morgan fingerprint density at radius 2 is 1.86 bits per heavy atom.